The molecule has 18 heavy (non-hydrogen) atoms. The Morgan fingerprint density at radius 1 is 1.11 bits per heavy atom. The third-order valence-corrected chi connectivity index (χ3v) is 2.59. The highest BCUT2D eigenvalue weighted by molar-refractivity contribution is 5.36. The Hall–Kier alpha value is -2.34. The summed E-state index contributed by atoms with van der Waals surface area (Å²) < 4.78 is 1.96. The number of hydrogen-bond acceptors (Lipinski definition) is 5. The molecule has 0 unspecified atom stereocenters. The van der Waals surface area contributed by atoms with Gasteiger partial charge in [0.1, 0.15) is 0 Å². The molecule has 0 aliphatic heterocycles. The fraction of sp³-hybridized carbons (Fsp3) is 0.167. The number of hydrogen-bond donors (Lipinski definition) is 1. The second-order valence-electron chi connectivity index (χ2n) is 3.85. The van der Waals surface area contributed by atoms with E-state index in [9.17, 15) is 0 Å². The van der Waals surface area contributed by atoms with Gasteiger partial charge in [-0.3, -0.25) is 14.4 Å². The molecule has 0 aliphatic rings. The predicted molar refractivity (Wildman–Crippen MR) is 65.6 cm³/mol. The van der Waals surface area contributed by atoms with Crippen LogP contribution >= 0.6 is 0 Å². The van der Waals surface area contributed by atoms with Gasteiger partial charge in [-0.05, 0) is 12.1 Å². The number of nitrogens with one attached hydrogen (secondary N) is 1. The molecule has 3 aromatic rings. The van der Waals surface area contributed by atoms with Gasteiger partial charge >= 0.3 is 0 Å². The summed E-state index contributed by atoms with van der Waals surface area (Å²) >= 11 is 0. The molecule has 0 fully saturated rings. The first-order chi connectivity index (χ1) is 8.93. The standard InChI is InChI=1S/C12H12N6/c1-2-6-18-11(3-1)16-17-12(18)9-14-8-10-7-13-4-5-15-10/h1-7,14H,8-9H2. The molecule has 0 amide bonds. The summed E-state index contributed by atoms with van der Waals surface area (Å²) in [7, 11) is 0. The minimum atomic E-state index is 0.641. The lowest BCUT2D eigenvalue weighted by Crippen LogP contribution is -2.15. The van der Waals surface area contributed by atoms with Crippen molar-refractivity contribution in [1.82, 2.24) is 29.9 Å². The van der Waals surface area contributed by atoms with Crippen LogP contribution in [0.15, 0.2) is 43.0 Å². The van der Waals surface area contributed by atoms with Gasteiger partial charge in [-0.2, -0.15) is 0 Å². The van der Waals surface area contributed by atoms with Gasteiger partial charge in [-0.15, -0.1) is 10.2 Å². The quantitative estimate of drug-likeness (QED) is 0.731. The summed E-state index contributed by atoms with van der Waals surface area (Å²) in [5.41, 5.74) is 1.76. The third-order valence-electron chi connectivity index (χ3n) is 2.59. The fourth-order valence-corrected chi connectivity index (χ4v) is 1.74. The van der Waals surface area contributed by atoms with Gasteiger partial charge in [0.15, 0.2) is 11.5 Å². The second-order valence-corrected chi connectivity index (χ2v) is 3.85. The lowest BCUT2D eigenvalue weighted by Gasteiger charge is -2.02. The molecule has 6 nitrogen and oxygen atoms in total. The van der Waals surface area contributed by atoms with Crippen molar-refractivity contribution >= 4 is 5.65 Å². The molecule has 3 rings (SSSR count). The first-order valence-corrected chi connectivity index (χ1v) is 5.68. The largest absolute Gasteiger partial charge is 0.304 e. The van der Waals surface area contributed by atoms with Crippen molar-refractivity contribution in [2.75, 3.05) is 0 Å². The topological polar surface area (TPSA) is 68.0 Å². The highest BCUT2D eigenvalue weighted by Gasteiger charge is 2.03. The van der Waals surface area contributed by atoms with Crippen LogP contribution in [-0.4, -0.2) is 24.6 Å². The van der Waals surface area contributed by atoms with E-state index in [0.29, 0.717) is 13.1 Å². The van der Waals surface area contributed by atoms with E-state index in [1.165, 1.54) is 0 Å². The lowest BCUT2D eigenvalue weighted by molar-refractivity contribution is 0.644. The molecule has 0 spiro atoms. The van der Waals surface area contributed by atoms with Gasteiger partial charge in [0.25, 0.3) is 0 Å². The molecule has 3 heterocycles. The van der Waals surface area contributed by atoms with Crippen molar-refractivity contribution in [3.8, 4) is 0 Å². The Balaban J connectivity index is 1.67. The lowest BCUT2D eigenvalue weighted by atomic mass is 10.4. The van der Waals surface area contributed by atoms with Crippen LogP contribution in [0.2, 0.25) is 0 Å². The molecule has 3 aromatic heterocycles. The van der Waals surface area contributed by atoms with Crippen molar-refractivity contribution in [3.63, 3.8) is 0 Å². The van der Waals surface area contributed by atoms with E-state index in [-0.39, 0.29) is 0 Å². The Kier molecular flexibility index (Phi) is 2.93. The van der Waals surface area contributed by atoms with Crippen molar-refractivity contribution in [2.24, 2.45) is 0 Å². The minimum absolute atomic E-state index is 0.641. The van der Waals surface area contributed by atoms with Crippen LogP contribution in [0.3, 0.4) is 0 Å². The Morgan fingerprint density at radius 2 is 2.11 bits per heavy atom. The highest BCUT2D eigenvalue weighted by Crippen LogP contribution is 2.02. The van der Waals surface area contributed by atoms with Gasteiger partial charge in [-0.1, -0.05) is 6.07 Å². The molecule has 0 bridgehead atoms. The highest BCUT2D eigenvalue weighted by atomic mass is 15.3. The summed E-state index contributed by atoms with van der Waals surface area (Å²) in [5, 5.41) is 11.5. The zero-order valence-electron chi connectivity index (χ0n) is 9.69. The molecule has 0 saturated heterocycles. The molecule has 0 aromatic carbocycles. The van der Waals surface area contributed by atoms with E-state index >= 15 is 0 Å². The van der Waals surface area contributed by atoms with E-state index in [1.54, 1.807) is 18.6 Å². The maximum Gasteiger partial charge on any atom is 0.160 e. The first kappa shape index (κ1) is 10.8. The normalized spacial score (nSPS) is 10.9. The van der Waals surface area contributed by atoms with Crippen molar-refractivity contribution in [3.05, 3.63) is 54.5 Å². The zero-order chi connectivity index (χ0) is 12.2. The Morgan fingerprint density at radius 3 is 3.00 bits per heavy atom. The number of rotatable bonds is 4. The van der Waals surface area contributed by atoms with Crippen molar-refractivity contribution in [2.45, 2.75) is 13.1 Å². The summed E-state index contributed by atoms with van der Waals surface area (Å²) in [4.78, 5) is 8.21. The Bertz CT molecular complexity index is 633. The number of pyridine rings is 1. The number of nitrogens with zero attached hydrogens (tertiary/aromatic N) is 5. The first-order valence-electron chi connectivity index (χ1n) is 5.68. The molecule has 0 saturated carbocycles. The molecule has 0 aliphatic carbocycles. The zero-order valence-corrected chi connectivity index (χ0v) is 9.69. The summed E-state index contributed by atoms with van der Waals surface area (Å²) in [6, 6.07) is 5.84. The van der Waals surface area contributed by atoms with E-state index in [4.69, 9.17) is 0 Å². The molecule has 0 radical (unpaired) electrons. The van der Waals surface area contributed by atoms with Crippen LogP contribution in [-0.2, 0) is 13.1 Å². The van der Waals surface area contributed by atoms with E-state index in [2.05, 4.69) is 25.5 Å². The Labute approximate surface area is 104 Å². The van der Waals surface area contributed by atoms with Crippen LogP contribution in [0.1, 0.15) is 11.5 Å². The van der Waals surface area contributed by atoms with Gasteiger partial charge in [0.2, 0.25) is 0 Å². The van der Waals surface area contributed by atoms with Crippen LogP contribution in [0.4, 0.5) is 0 Å². The van der Waals surface area contributed by atoms with Crippen molar-refractivity contribution < 1.29 is 0 Å². The fourth-order valence-electron chi connectivity index (χ4n) is 1.74. The minimum Gasteiger partial charge on any atom is -0.304 e. The van der Waals surface area contributed by atoms with Gasteiger partial charge in [-0.25, -0.2) is 0 Å². The number of fused-ring (bicyclic) bond motifs is 1. The summed E-state index contributed by atoms with van der Waals surface area (Å²) in [6.45, 7) is 1.30. The SMILES string of the molecule is c1ccn2c(CNCc3cnccn3)nnc2c1. The molecular weight excluding hydrogens is 228 g/mol. The maximum absolute atomic E-state index is 4.19. The van der Waals surface area contributed by atoms with E-state index in [1.807, 2.05) is 28.8 Å². The average molecular weight is 240 g/mol. The van der Waals surface area contributed by atoms with Gasteiger partial charge < -0.3 is 5.32 Å². The maximum atomic E-state index is 4.19. The molecule has 90 valence electrons. The average Bonchev–Trinajstić information content (AvgIpc) is 2.84. The summed E-state index contributed by atoms with van der Waals surface area (Å²) in [6.07, 6.45) is 7.04. The van der Waals surface area contributed by atoms with Crippen LogP contribution in [0.25, 0.3) is 5.65 Å². The predicted octanol–water partition coefficient (Wildman–Crippen LogP) is 0.809. The van der Waals surface area contributed by atoms with Crippen LogP contribution < -0.4 is 5.32 Å². The third kappa shape index (κ3) is 2.18. The second kappa shape index (κ2) is 4.89. The molecular formula is C12H12N6. The number of aromatic nitrogens is 5. The molecule has 1 N–H and O–H groups in total. The molecule has 0 atom stereocenters. The smallest absolute Gasteiger partial charge is 0.160 e. The summed E-state index contributed by atoms with van der Waals surface area (Å²) in [5.74, 6) is 0.884. The van der Waals surface area contributed by atoms with Crippen molar-refractivity contribution in [1.29, 1.82) is 0 Å². The van der Waals surface area contributed by atoms with Crippen LogP contribution in [0.5, 0.6) is 0 Å². The van der Waals surface area contributed by atoms with Crippen LogP contribution in [0, 0.1) is 0 Å². The monoisotopic (exact) mass is 240 g/mol. The molecule has 6 heteroatoms. The van der Waals surface area contributed by atoms with Gasteiger partial charge in [0.05, 0.1) is 12.2 Å². The van der Waals surface area contributed by atoms with Gasteiger partial charge in [0, 0.05) is 31.3 Å². The van der Waals surface area contributed by atoms with E-state index < -0.39 is 0 Å². The van der Waals surface area contributed by atoms with E-state index in [0.717, 1.165) is 17.2 Å².